The molecule has 0 aliphatic carbocycles. The van der Waals surface area contributed by atoms with Crippen LogP contribution in [0.2, 0.25) is 0 Å². The molecule has 0 N–H and O–H groups in total. The van der Waals surface area contributed by atoms with Gasteiger partial charge in [-0.3, -0.25) is 0 Å². The molecule has 0 saturated heterocycles. The Morgan fingerprint density at radius 2 is 2.00 bits per heavy atom. The van der Waals surface area contributed by atoms with E-state index in [-0.39, 0.29) is 14.5 Å². The summed E-state index contributed by atoms with van der Waals surface area (Å²) in [6.45, 7) is 11.1. The highest BCUT2D eigenvalue weighted by Gasteiger charge is 2.39. The summed E-state index contributed by atoms with van der Waals surface area (Å²) in [5.74, 6) is 2.03. The van der Waals surface area contributed by atoms with Crippen LogP contribution < -0.4 is 4.74 Å². The molecule has 126 valence electrons. The first-order chi connectivity index (χ1) is 9.99. The minimum Gasteiger partial charge on any atom is -0.487 e. The summed E-state index contributed by atoms with van der Waals surface area (Å²) < 4.78 is 6.32. The number of fused-ring (bicyclic) bond motifs is 1. The van der Waals surface area contributed by atoms with Gasteiger partial charge < -0.3 is 4.74 Å². The van der Waals surface area contributed by atoms with Crippen molar-refractivity contribution in [3.63, 3.8) is 0 Å². The lowest BCUT2D eigenvalue weighted by molar-refractivity contribution is 0.0271. The summed E-state index contributed by atoms with van der Waals surface area (Å²) in [6.07, 6.45) is 9.51. The van der Waals surface area contributed by atoms with Crippen LogP contribution in [-0.4, -0.2) is 5.60 Å². The van der Waals surface area contributed by atoms with Crippen molar-refractivity contribution >= 4 is 0 Å². The molecule has 22 heavy (non-hydrogen) atoms. The number of benzene rings is 1. The number of aryl methyl sites for hydroxylation is 1. The largest absolute Gasteiger partial charge is 0.487 e. The normalized spacial score (nSPS) is 22.8. The molecule has 0 aromatic heterocycles. The molecule has 0 bridgehead atoms. The van der Waals surface area contributed by atoms with Gasteiger partial charge in [0.2, 0.25) is 0 Å². The number of hydrogen-bond donors (Lipinski definition) is 0. The molecule has 2 atom stereocenters. The molecule has 1 aliphatic heterocycles. The van der Waals surface area contributed by atoms with Gasteiger partial charge in [0, 0.05) is 18.8 Å². The van der Waals surface area contributed by atoms with Gasteiger partial charge in [0.25, 0.3) is 0 Å². The first-order valence-corrected chi connectivity index (χ1v) is 8.44. The molecule has 1 aromatic rings. The summed E-state index contributed by atoms with van der Waals surface area (Å²) in [5.41, 5.74) is 2.64. The molecule has 1 unspecified atom stereocenters. The zero-order chi connectivity index (χ0) is 15.5. The smallest absolute Gasteiger partial charge is 0.124 e. The van der Waals surface area contributed by atoms with Crippen molar-refractivity contribution in [3.05, 3.63) is 41.5 Å². The Bertz CT molecular complexity index is 505. The van der Waals surface area contributed by atoms with Gasteiger partial charge in [-0.05, 0) is 45.2 Å². The highest BCUT2D eigenvalue weighted by molar-refractivity contribution is 5.44. The van der Waals surface area contributed by atoms with Crippen LogP contribution in [0.25, 0.3) is 0 Å². The maximum absolute atomic E-state index is 6.32. The fourth-order valence-corrected chi connectivity index (χ4v) is 3.23. The second-order valence-electron chi connectivity index (χ2n) is 6.88. The lowest BCUT2D eigenvalue weighted by atomic mass is 9.75. The second kappa shape index (κ2) is 7.85. The molecule has 0 saturated carbocycles. The maximum atomic E-state index is 6.32. The van der Waals surface area contributed by atoms with E-state index < -0.39 is 0 Å². The van der Waals surface area contributed by atoms with Gasteiger partial charge >= 0.3 is 0 Å². The van der Waals surface area contributed by atoms with Crippen molar-refractivity contribution in [3.8, 4) is 5.75 Å². The molecule has 1 aliphatic rings. The molecule has 0 fully saturated rings. The van der Waals surface area contributed by atoms with E-state index in [0.29, 0.717) is 11.8 Å². The van der Waals surface area contributed by atoms with Crippen molar-refractivity contribution in [2.45, 2.75) is 79.2 Å². The molecule has 0 radical (unpaired) electrons. The Morgan fingerprint density at radius 3 is 2.64 bits per heavy atom. The van der Waals surface area contributed by atoms with Crippen LogP contribution in [0.3, 0.4) is 0 Å². The third kappa shape index (κ3) is 3.94. The third-order valence-corrected chi connectivity index (χ3v) is 4.91. The topological polar surface area (TPSA) is 9.23 Å². The van der Waals surface area contributed by atoms with E-state index in [4.69, 9.17) is 4.74 Å². The fraction of sp³-hybridized carbons (Fsp3) is 0.619. The highest BCUT2D eigenvalue weighted by Crippen LogP contribution is 2.45. The van der Waals surface area contributed by atoms with E-state index in [1.54, 1.807) is 0 Å². The van der Waals surface area contributed by atoms with E-state index >= 15 is 0 Å². The first kappa shape index (κ1) is 18.8. The molecule has 2 rings (SSSR count). The van der Waals surface area contributed by atoms with Gasteiger partial charge in [0.15, 0.2) is 0 Å². The van der Waals surface area contributed by atoms with Crippen LogP contribution in [0.15, 0.2) is 30.4 Å². The minimum absolute atomic E-state index is 0. The average Bonchev–Trinajstić information content (AvgIpc) is 2.44. The van der Waals surface area contributed by atoms with E-state index in [0.717, 1.165) is 12.2 Å². The Hall–Kier alpha value is -1.24. The Morgan fingerprint density at radius 1 is 1.27 bits per heavy atom. The van der Waals surface area contributed by atoms with Crippen LogP contribution in [0.4, 0.5) is 0 Å². The van der Waals surface area contributed by atoms with Crippen LogP contribution >= 0.6 is 0 Å². The third-order valence-electron chi connectivity index (χ3n) is 4.91. The van der Waals surface area contributed by atoms with Crippen LogP contribution in [0, 0.1) is 5.92 Å². The number of rotatable bonds is 5. The number of hydrogen-bond acceptors (Lipinski definition) is 1. The van der Waals surface area contributed by atoms with Gasteiger partial charge in [-0.25, -0.2) is 0 Å². The quantitative estimate of drug-likeness (QED) is 0.431. The zero-order valence-electron chi connectivity index (χ0n) is 14.3. The van der Waals surface area contributed by atoms with Crippen molar-refractivity contribution in [1.82, 2.24) is 0 Å². The van der Waals surface area contributed by atoms with Crippen molar-refractivity contribution in [2.24, 2.45) is 5.92 Å². The van der Waals surface area contributed by atoms with Gasteiger partial charge in [0.05, 0.1) is 0 Å². The van der Waals surface area contributed by atoms with Crippen LogP contribution in [-0.2, 0) is 6.42 Å². The van der Waals surface area contributed by atoms with Gasteiger partial charge in [0.1, 0.15) is 11.4 Å². The molecular weight excluding hydrogens is 268 g/mol. The number of ether oxygens (including phenoxy) is 1. The van der Waals surface area contributed by atoms with Crippen LogP contribution in [0.1, 0.15) is 79.8 Å². The SMILES string of the molecule is C.C/C=C\C1c2ccc(CCCCC)cc2OC(C)(C)[C@@H]1C.[HH]. The van der Waals surface area contributed by atoms with Gasteiger partial charge in [-0.15, -0.1) is 0 Å². The van der Waals surface area contributed by atoms with Gasteiger partial charge in [-0.2, -0.15) is 0 Å². The van der Waals surface area contributed by atoms with Crippen LogP contribution in [0.5, 0.6) is 5.75 Å². The summed E-state index contributed by atoms with van der Waals surface area (Å²) >= 11 is 0. The molecule has 0 amide bonds. The van der Waals surface area contributed by atoms with Gasteiger partial charge in [-0.1, -0.05) is 58.4 Å². The van der Waals surface area contributed by atoms with E-state index in [9.17, 15) is 0 Å². The summed E-state index contributed by atoms with van der Waals surface area (Å²) in [6, 6.07) is 6.85. The van der Waals surface area contributed by atoms with Crippen molar-refractivity contribution < 1.29 is 6.16 Å². The average molecular weight is 305 g/mol. The lowest BCUT2D eigenvalue weighted by Gasteiger charge is -2.42. The standard InChI is InChI=1S/C20H30O.CH4.H2/c1-6-8-9-11-16-12-13-18-17(10-7-2)15(3)20(4,5)21-19(18)14-16;;/h7,10,12-15,17H,6,8-9,11H2,1-5H3;1H4;1H/b10-7-;;/t15-,17?;;/m1../s1. The molecule has 1 nitrogen and oxygen atoms in total. The predicted molar refractivity (Wildman–Crippen MR) is 99.9 cm³/mol. The Labute approximate surface area is 139 Å². The molecule has 0 spiro atoms. The number of allylic oxidation sites excluding steroid dienone is 2. The predicted octanol–water partition coefficient (Wildman–Crippen LogP) is 6.77. The van der Waals surface area contributed by atoms with E-state index in [2.05, 4.69) is 65.0 Å². The molecular formula is C21H36O. The summed E-state index contributed by atoms with van der Waals surface area (Å²) in [7, 11) is 0. The first-order valence-electron chi connectivity index (χ1n) is 8.44. The monoisotopic (exact) mass is 304 g/mol. The zero-order valence-corrected chi connectivity index (χ0v) is 14.3. The molecule has 1 aromatic carbocycles. The highest BCUT2D eigenvalue weighted by atomic mass is 16.5. The van der Waals surface area contributed by atoms with E-state index in [1.807, 2.05) is 0 Å². The minimum atomic E-state index is -0.112. The fourth-order valence-electron chi connectivity index (χ4n) is 3.23. The van der Waals surface area contributed by atoms with E-state index in [1.165, 1.54) is 30.4 Å². The molecule has 1 heterocycles. The second-order valence-corrected chi connectivity index (χ2v) is 6.88. The van der Waals surface area contributed by atoms with Crippen molar-refractivity contribution in [2.75, 3.05) is 0 Å². The summed E-state index contributed by atoms with van der Waals surface area (Å²) in [5, 5.41) is 0. The number of unbranched alkanes of at least 4 members (excludes halogenated alkanes) is 2. The Balaban J connectivity index is 0.00000242. The Kier molecular flexibility index (Phi) is 6.71. The maximum Gasteiger partial charge on any atom is 0.124 e. The molecule has 1 heteroatoms. The van der Waals surface area contributed by atoms with Crippen molar-refractivity contribution in [1.29, 1.82) is 0 Å². The summed E-state index contributed by atoms with van der Waals surface area (Å²) in [4.78, 5) is 0. The lowest BCUT2D eigenvalue weighted by Crippen LogP contribution is -2.42.